The zero-order chi connectivity index (χ0) is 14.2. The second kappa shape index (κ2) is 5.11. The molecule has 5 nitrogen and oxygen atoms in total. The van der Waals surface area contributed by atoms with E-state index >= 15 is 0 Å². The van der Waals surface area contributed by atoms with Crippen LogP contribution in [0, 0.1) is 6.92 Å². The molecule has 1 aromatic rings. The van der Waals surface area contributed by atoms with Crippen LogP contribution in [0.1, 0.15) is 19.4 Å². The van der Waals surface area contributed by atoms with Crippen LogP contribution in [0.3, 0.4) is 0 Å². The van der Waals surface area contributed by atoms with Crippen LogP contribution in [-0.4, -0.2) is 38.0 Å². The minimum atomic E-state index is -3.51. The van der Waals surface area contributed by atoms with Gasteiger partial charge in [0.05, 0.1) is 17.1 Å². The SMILES string of the molecule is Cc1ccc(N)cc1S(=O)(=O)N1C[C@@H](C)O[C@@H](C)C1. The van der Waals surface area contributed by atoms with Crippen molar-refractivity contribution < 1.29 is 13.2 Å². The van der Waals surface area contributed by atoms with E-state index in [1.165, 1.54) is 10.4 Å². The van der Waals surface area contributed by atoms with E-state index < -0.39 is 10.0 Å². The lowest BCUT2D eigenvalue weighted by atomic mass is 10.2. The zero-order valence-electron chi connectivity index (χ0n) is 11.5. The lowest BCUT2D eigenvalue weighted by Crippen LogP contribution is -2.48. The fraction of sp³-hybridized carbons (Fsp3) is 0.538. The highest BCUT2D eigenvalue weighted by Gasteiger charge is 2.33. The highest BCUT2D eigenvalue weighted by atomic mass is 32.2. The summed E-state index contributed by atoms with van der Waals surface area (Å²) in [7, 11) is -3.51. The minimum Gasteiger partial charge on any atom is -0.399 e. The van der Waals surface area contributed by atoms with Gasteiger partial charge in [-0.2, -0.15) is 4.31 Å². The molecular formula is C13H20N2O3S. The van der Waals surface area contributed by atoms with Gasteiger partial charge in [0.25, 0.3) is 0 Å². The van der Waals surface area contributed by atoms with Gasteiger partial charge in [0, 0.05) is 18.8 Å². The van der Waals surface area contributed by atoms with E-state index in [9.17, 15) is 8.42 Å². The van der Waals surface area contributed by atoms with Crippen molar-refractivity contribution in [3.05, 3.63) is 23.8 Å². The summed E-state index contributed by atoms with van der Waals surface area (Å²) in [5, 5.41) is 0. The Morgan fingerprint density at radius 1 is 1.26 bits per heavy atom. The van der Waals surface area contributed by atoms with Gasteiger partial charge < -0.3 is 10.5 Å². The number of morpholine rings is 1. The molecule has 2 N–H and O–H groups in total. The normalized spacial score (nSPS) is 25.4. The number of nitrogen functional groups attached to an aromatic ring is 1. The molecule has 1 fully saturated rings. The molecular weight excluding hydrogens is 264 g/mol. The molecule has 2 rings (SSSR count). The Balaban J connectivity index is 2.39. The van der Waals surface area contributed by atoms with Crippen molar-refractivity contribution in [2.24, 2.45) is 0 Å². The van der Waals surface area contributed by atoms with Crippen LogP contribution in [0.4, 0.5) is 5.69 Å². The highest BCUT2D eigenvalue weighted by molar-refractivity contribution is 7.89. The number of anilines is 1. The Morgan fingerprint density at radius 3 is 2.42 bits per heavy atom. The zero-order valence-corrected chi connectivity index (χ0v) is 12.3. The maximum atomic E-state index is 12.7. The summed E-state index contributed by atoms with van der Waals surface area (Å²) in [6.45, 7) is 6.29. The van der Waals surface area contributed by atoms with Crippen molar-refractivity contribution in [3.8, 4) is 0 Å². The average Bonchev–Trinajstić information content (AvgIpc) is 2.31. The Bertz CT molecular complexity index is 561. The molecule has 0 aromatic heterocycles. The Kier molecular flexibility index (Phi) is 3.85. The number of nitrogens with two attached hydrogens (primary N) is 1. The van der Waals surface area contributed by atoms with Crippen molar-refractivity contribution >= 4 is 15.7 Å². The predicted octanol–water partition coefficient (Wildman–Crippen LogP) is 1.38. The lowest BCUT2D eigenvalue weighted by Gasteiger charge is -2.34. The molecule has 1 aliphatic heterocycles. The fourth-order valence-electron chi connectivity index (χ4n) is 2.36. The molecule has 1 aliphatic rings. The minimum absolute atomic E-state index is 0.0973. The van der Waals surface area contributed by atoms with Crippen LogP contribution in [-0.2, 0) is 14.8 Å². The molecule has 1 saturated heterocycles. The second-order valence-corrected chi connectivity index (χ2v) is 7.01. The molecule has 6 heteroatoms. The number of rotatable bonds is 2. The van der Waals surface area contributed by atoms with Crippen LogP contribution in [0.2, 0.25) is 0 Å². The fourth-order valence-corrected chi connectivity index (χ4v) is 4.21. The van der Waals surface area contributed by atoms with Crippen LogP contribution in [0.15, 0.2) is 23.1 Å². The topological polar surface area (TPSA) is 72.6 Å². The third kappa shape index (κ3) is 2.91. The van der Waals surface area contributed by atoms with Gasteiger partial charge in [-0.15, -0.1) is 0 Å². The third-order valence-corrected chi connectivity index (χ3v) is 5.19. The third-order valence-electron chi connectivity index (χ3n) is 3.22. The summed E-state index contributed by atoms with van der Waals surface area (Å²) in [5.41, 5.74) is 6.87. The average molecular weight is 284 g/mol. The van der Waals surface area contributed by atoms with Crippen molar-refractivity contribution in [3.63, 3.8) is 0 Å². The molecule has 19 heavy (non-hydrogen) atoms. The first-order valence-electron chi connectivity index (χ1n) is 6.32. The van der Waals surface area contributed by atoms with Crippen molar-refractivity contribution in [1.29, 1.82) is 0 Å². The lowest BCUT2D eigenvalue weighted by molar-refractivity contribution is -0.0440. The van der Waals surface area contributed by atoms with Crippen LogP contribution < -0.4 is 5.73 Å². The number of aryl methyl sites for hydroxylation is 1. The quantitative estimate of drug-likeness (QED) is 0.833. The maximum Gasteiger partial charge on any atom is 0.243 e. The summed E-state index contributed by atoms with van der Waals surface area (Å²) >= 11 is 0. The van der Waals surface area contributed by atoms with E-state index in [0.717, 1.165) is 0 Å². The molecule has 0 amide bonds. The predicted molar refractivity (Wildman–Crippen MR) is 74.4 cm³/mol. The highest BCUT2D eigenvalue weighted by Crippen LogP contribution is 2.25. The summed E-state index contributed by atoms with van der Waals surface area (Å²) in [6.07, 6.45) is -0.195. The molecule has 0 bridgehead atoms. The Hall–Kier alpha value is -1.11. The monoisotopic (exact) mass is 284 g/mol. The molecule has 1 aromatic carbocycles. The van der Waals surface area contributed by atoms with Crippen LogP contribution in [0.5, 0.6) is 0 Å². The number of nitrogens with zero attached hydrogens (tertiary/aromatic N) is 1. The van der Waals surface area contributed by atoms with E-state index in [0.29, 0.717) is 24.3 Å². The van der Waals surface area contributed by atoms with Gasteiger partial charge in [0.2, 0.25) is 10.0 Å². The van der Waals surface area contributed by atoms with E-state index in [1.54, 1.807) is 19.1 Å². The van der Waals surface area contributed by atoms with Gasteiger partial charge in [-0.1, -0.05) is 6.07 Å². The van der Waals surface area contributed by atoms with E-state index in [4.69, 9.17) is 10.5 Å². The van der Waals surface area contributed by atoms with E-state index in [2.05, 4.69) is 0 Å². The van der Waals surface area contributed by atoms with Crippen LogP contribution >= 0.6 is 0 Å². The van der Waals surface area contributed by atoms with Gasteiger partial charge in [0.15, 0.2) is 0 Å². The number of benzene rings is 1. The van der Waals surface area contributed by atoms with Gasteiger partial charge in [-0.25, -0.2) is 8.42 Å². The number of hydrogen-bond acceptors (Lipinski definition) is 4. The Labute approximate surface area is 114 Å². The van der Waals surface area contributed by atoms with E-state index in [1.807, 2.05) is 13.8 Å². The second-order valence-electron chi connectivity index (χ2n) is 5.10. The number of ether oxygens (including phenoxy) is 1. The molecule has 0 saturated carbocycles. The summed E-state index contributed by atoms with van der Waals surface area (Å²) in [4.78, 5) is 0.286. The maximum absolute atomic E-state index is 12.7. The summed E-state index contributed by atoms with van der Waals surface area (Å²) in [6, 6.07) is 4.96. The Morgan fingerprint density at radius 2 is 1.84 bits per heavy atom. The van der Waals surface area contributed by atoms with Gasteiger partial charge >= 0.3 is 0 Å². The molecule has 1 heterocycles. The smallest absolute Gasteiger partial charge is 0.243 e. The van der Waals surface area contributed by atoms with Crippen LogP contribution in [0.25, 0.3) is 0 Å². The molecule has 106 valence electrons. The van der Waals surface area contributed by atoms with Gasteiger partial charge in [-0.3, -0.25) is 0 Å². The first kappa shape index (κ1) is 14.3. The molecule has 0 aliphatic carbocycles. The molecule has 0 spiro atoms. The van der Waals surface area contributed by atoms with Crippen molar-refractivity contribution in [2.75, 3.05) is 18.8 Å². The van der Waals surface area contributed by atoms with Gasteiger partial charge in [-0.05, 0) is 38.5 Å². The number of hydrogen-bond donors (Lipinski definition) is 1. The first-order chi connectivity index (χ1) is 8.80. The molecule has 2 atom stereocenters. The number of sulfonamides is 1. The largest absolute Gasteiger partial charge is 0.399 e. The summed E-state index contributed by atoms with van der Waals surface area (Å²) in [5.74, 6) is 0. The first-order valence-corrected chi connectivity index (χ1v) is 7.76. The molecule has 0 radical (unpaired) electrons. The van der Waals surface area contributed by atoms with Crippen molar-refractivity contribution in [2.45, 2.75) is 37.9 Å². The standard InChI is InChI=1S/C13H20N2O3S/c1-9-4-5-12(14)6-13(9)19(16,17)15-7-10(2)18-11(3)8-15/h4-6,10-11H,7-8,14H2,1-3H3/t10-,11+. The van der Waals surface area contributed by atoms with E-state index in [-0.39, 0.29) is 17.1 Å². The molecule has 0 unspecified atom stereocenters. The van der Waals surface area contributed by atoms with Gasteiger partial charge in [0.1, 0.15) is 0 Å². The summed E-state index contributed by atoms with van der Waals surface area (Å²) < 4.78 is 32.4. The van der Waals surface area contributed by atoms with Crippen molar-refractivity contribution in [1.82, 2.24) is 4.31 Å².